The third-order valence-corrected chi connectivity index (χ3v) is 1.97. The fourth-order valence-electron chi connectivity index (χ4n) is 1.31. The van der Waals surface area contributed by atoms with Gasteiger partial charge in [0.05, 0.1) is 13.3 Å². The molecule has 0 spiro atoms. The minimum atomic E-state index is 0.0308. The summed E-state index contributed by atoms with van der Waals surface area (Å²) in [5.41, 5.74) is 1.59. The van der Waals surface area contributed by atoms with Gasteiger partial charge < -0.3 is 4.74 Å². The van der Waals surface area contributed by atoms with E-state index in [2.05, 4.69) is 4.98 Å². The molecule has 0 radical (unpaired) electrons. The van der Waals surface area contributed by atoms with E-state index < -0.39 is 0 Å². The van der Waals surface area contributed by atoms with Crippen molar-refractivity contribution >= 4 is 5.78 Å². The van der Waals surface area contributed by atoms with Gasteiger partial charge in [-0.2, -0.15) is 0 Å². The number of nitrogens with zero attached hydrogens (tertiary/aromatic N) is 1. The lowest BCUT2D eigenvalue weighted by Crippen LogP contribution is -2.02. The standard InChI is InChI=1S/C10H13NO2/c1-4-8-9(7(2)12)5-11-6-10(8)13-3/h5-6H,4H2,1-3H3. The molecule has 3 heteroatoms. The molecule has 0 fully saturated rings. The highest BCUT2D eigenvalue weighted by Crippen LogP contribution is 2.21. The quantitative estimate of drug-likeness (QED) is 0.665. The van der Waals surface area contributed by atoms with Gasteiger partial charge in [0.2, 0.25) is 0 Å². The number of rotatable bonds is 3. The summed E-state index contributed by atoms with van der Waals surface area (Å²) < 4.78 is 5.11. The molecule has 0 aromatic carbocycles. The van der Waals surface area contributed by atoms with Crippen molar-refractivity contribution in [2.45, 2.75) is 20.3 Å². The highest BCUT2D eigenvalue weighted by atomic mass is 16.5. The molecule has 0 aliphatic carbocycles. The normalized spacial score (nSPS) is 9.77. The Kier molecular flexibility index (Phi) is 3.01. The Morgan fingerprint density at radius 1 is 1.54 bits per heavy atom. The number of Topliss-reactive ketones (excluding diaryl/α,β-unsaturated/α-hetero) is 1. The highest BCUT2D eigenvalue weighted by molar-refractivity contribution is 5.95. The predicted octanol–water partition coefficient (Wildman–Crippen LogP) is 1.86. The van der Waals surface area contributed by atoms with Crippen LogP contribution in [0.5, 0.6) is 5.75 Å². The summed E-state index contributed by atoms with van der Waals surface area (Å²) in [6.45, 7) is 3.53. The van der Waals surface area contributed by atoms with Crippen molar-refractivity contribution in [3.05, 3.63) is 23.5 Å². The molecule has 1 aromatic rings. The summed E-state index contributed by atoms with van der Waals surface area (Å²) >= 11 is 0. The maximum absolute atomic E-state index is 11.2. The van der Waals surface area contributed by atoms with Gasteiger partial charge in [-0.3, -0.25) is 9.78 Å². The van der Waals surface area contributed by atoms with Crippen molar-refractivity contribution in [1.82, 2.24) is 4.98 Å². The molecule has 0 bridgehead atoms. The van der Waals surface area contributed by atoms with Crippen LogP contribution in [0.15, 0.2) is 12.4 Å². The zero-order valence-electron chi connectivity index (χ0n) is 8.13. The Morgan fingerprint density at radius 2 is 2.23 bits per heavy atom. The van der Waals surface area contributed by atoms with Crippen LogP contribution in [0.2, 0.25) is 0 Å². The van der Waals surface area contributed by atoms with Crippen LogP contribution in [0.1, 0.15) is 29.8 Å². The van der Waals surface area contributed by atoms with Crippen LogP contribution in [0.3, 0.4) is 0 Å². The van der Waals surface area contributed by atoms with Crippen molar-refractivity contribution in [3.8, 4) is 5.75 Å². The van der Waals surface area contributed by atoms with E-state index in [1.54, 1.807) is 19.5 Å². The number of hydrogen-bond acceptors (Lipinski definition) is 3. The molecule has 0 unspecified atom stereocenters. The van der Waals surface area contributed by atoms with Crippen molar-refractivity contribution < 1.29 is 9.53 Å². The van der Waals surface area contributed by atoms with Crippen LogP contribution in [0.4, 0.5) is 0 Å². The molecular formula is C10H13NO2. The number of ketones is 1. The van der Waals surface area contributed by atoms with Crippen molar-refractivity contribution in [2.24, 2.45) is 0 Å². The van der Waals surface area contributed by atoms with E-state index in [-0.39, 0.29) is 5.78 Å². The SMILES string of the molecule is CCc1c(OC)cncc1C(C)=O. The Balaban J connectivity index is 3.27. The van der Waals surface area contributed by atoms with E-state index in [9.17, 15) is 4.79 Å². The fraction of sp³-hybridized carbons (Fsp3) is 0.400. The second kappa shape index (κ2) is 4.03. The summed E-state index contributed by atoms with van der Waals surface area (Å²) in [5.74, 6) is 0.721. The zero-order chi connectivity index (χ0) is 9.84. The average molecular weight is 179 g/mol. The van der Waals surface area contributed by atoms with Crippen molar-refractivity contribution in [3.63, 3.8) is 0 Å². The van der Waals surface area contributed by atoms with E-state index in [4.69, 9.17) is 4.74 Å². The molecule has 1 heterocycles. The molecule has 0 saturated heterocycles. The van der Waals surface area contributed by atoms with E-state index in [0.717, 1.165) is 12.0 Å². The van der Waals surface area contributed by atoms with Crippen LogP contribution >= 0.6 is 0 Å². The van der Waals surface area contributed by atoms with Gasteiger partial charge in [0.1, 0.15) is 5.75 Å². The number of aromatic nitrogens is 1. The van der Waals surface area contributed by atoms with Crippen LogP contribution < -0.4 is 4.74 Å². The maximum Gasteiger partial charge on any atom is 0.161 e. The lowest BCUT2D eigenvalue weighted by Gasteiger charge is -2.08. The van der Waals surface area contributed by atoms with Crippen LogP contribution in [0.25, 0.3) is 0 Å². The molecule has 0 saturated carbocycles. The smallest absolute Gasteiger partial charge is 0.161 e. The summed E-state index contributed by atoms with van der Waals surface area (Å²) in [6.07, 6.45) is 4.00. The van der Waals surface area contributed by atoms with Crippen molar-refractivity contribution in [2.75, 3.05) is 7.11 Å². The number of carbonyl (C=O) groups excluding carboxylic acids is 1. The average Bonchev–Trinajstić information content (AvgIpc) is 2.16. The first kappa shape index (κ1) is 9.71. The van der Waals surface area contributed by atoms with Gasteiger partial charge in [-0.25, -0.2) is 0 Å². The first-order valence-electron chi connectivity index (χ1n) is 4.22. The van der Waals surface area contributed by atoms with Crippen LogP contribution in [-0.2, 0) is 6.42 Å². The molecule has 0 aliphatic rings. The number of hydrogen-bond donors (Lipinski definition) is 0. The minimum Gasteiger partial charge on any atom is -0.495 e. The van der Waals surface area contributed by atoms with Gasteiger partial charge in [0, 0.05) is 17.3 Å². The Hall–Kier alpha value is -1.38. The van der Waals surface area contributed by atoms with E-state index >= 15 is 0 Å². The summed E-state index contributed by atoms with van der Waals surface area (Å²) in [5, 5.41) is 0. The highest BCUT2D eigenvalue weighted by Gasteiger charge is 2.10. The number of methoxy groups -OCH3 is 1. The van der Waals surface area contributed by atoms with Gasteiger partial charge in [-0.1, -0.05) is 6.92 Å². The molecule has 3 nitrogen and oxygen atoms in total. The third kappa shape index (κ3) is 1.86. The van der Waals surface area contributed by atoms with Crippen LogP contribution in [0, 0.1) is 0 Å². The number of ether oxygens (including phenoxy) is 1. The zero-order valence-corrected chi connectivity index (χ0v) is 8.13. The topological polar surface area (TPSA) is 39.2 Å². The Labute approximate surface area is 77.8 Å². The molecule has 0 atom stereocenters. The lowest BCUT2D eigenvalue weighted by molar-refractivity contribution is 0.101. The van der Waals surface area contributed by atoms with Crippen LogP contribution in [-0.4, -0.2) is 17.9 Å². The molecule has 1 aromatic heterocycles. The molecule has 0 N–H and O–H groups in total. The fourth-order valence-corrected chi connectivity index (χ4v) is 1.31. The molecule has 0 amide bonds. The van der Waals surface area contributed by atoms with Gasteiger partial charge in [0.25, 0.3) is 0 Å². The number of carbonyl (C=O) groups is 1. The Bertz CT molecular complexity index is 321. The van der Waals surface area contributed by atoms with E-state index in [0.29, 0.717) is 11.3 Å². The summed E-state index contributed by atoms with van der Waals surface area (Å²) in [6, 6.07) is 0. The first-order valence-corrected chi connectivity index (χ1v) is 4.22. The lowest BCUT2D eigenvalue weighted by atomic mass is 10.0. The molecule has 70 valence electrons. The monoisotopic (exact) mass is 179 g/mol. The van der Waals surface area contributed by atoms with Crippen molar-refractivity contribution in [1.29, 1.82) is 0 Å². The first-order chi connectivity index (χ1) is 6.20. The Morgan fingerprint density at radius 3 is 2.69 bits per heavy atom. The van der Waals surface area contributed by atoms with E-state index in [1.807, 2.05) is 6.92 Å². The molecule has 0 aliphatic heterocycles. The second-order valence-electron chi connectivity index (χ2n) is 2.78. The summed E-state index contributed by atoms with van der Waals surface area (Å²) in [4.78, 5) is 15.1. The summed E-state index contributed by atoms with van der Waals surface area (Å²) in [7, 11) is 1.58. The van der Waals surface area contributed by atoms with Gasteiger partial charge >= 0.3 is 0 Å². The minimum absolute atomic E-state index is 0.0308. The largest absolute Gasteiger partial charge is 0.495 e. The van der Waals surface area contributed by atoms with E-state index in [1.165, 1.54) is 6.92 Å². The molecule has 1 rings (SSSR count). The van der Waals surface area contributed by atoms with Gasteiger partial charge in [-0.15, -0.1) is 0 Å². The second-order valence-corrected chi connectivity index (χ2v) is 2.78. The molecule has 13 heavy (non-hydrogen) atoms. The third-order valence-electron chi connectivity index (χ3n) is 1.97. The maximum atomic E-state index is 11.2. The van der Waals surface area contributed by atoms with Gasteiger partial charge in [-0.05, 0) is 13.3 Å². The predicted molar refractivity (Wildman–Crippen MR) is 50.2 cm³/mol. The molecular weight excluding hydrogens is 166 g/mol. The van der Waals surface area contributed by atoms with Gasteiger partial charge in [0.15, 0.2) is 5.78 Å². The number of pyridine rings is 1.